The maximum absolute atomic E-state index is 12.1. The molecule has 0 aliphatic carbocycles. The topological polar surface area (TPSA) is 85.1 Å². The molecule has 2 saturated heterocycles. The number of piperidine rings is 1. The van der Waals surface area contributed by atoms with E-state index in [0.717, 1.165) is 5.75 Å². The van der Waals surface area contributed by atoms with Crippen molar-refractivity contribution in [2.45, 2.75) is 18.4 Å². The standard InChI is InChI=1S/C17H23N3O4.ClH/c18-12-15(21)19-8-6-17(7-9-19)13-20(16(22)24-17)10-11-23-14-4-2-1-3-5-14;/h1-5H,6-13,18H2;1H. The Bertz CT molecular complexity index is 591. The van der Waals surface area contributed by atoms with Crippen molar-refractivity contribution in [3.05, 3.63) is 30.3 Å². The second-order valence-electron chi connectivity index (χ2n) is 6.22. The molecule has 8 heteroatoms. The Hall–Kier alpha value is -1.99. The smallest absolute Gasteiger partial charge is 0.410 e. The Morgan fingerprint density at radius 1 is 1.24 bits per heavy atom. The van der Waals surface area contributed by atoms with Crippen LogP contribution in [0.15, 0.2) is 30.3 Å². The number of para-hydroxylation sites is 1. The zero-order chi connectivity index (χ0) is 17.0. The number of ether oxygens (including phenoxy) is 2. The fraction of sp³-hybridized carbons (Fsp3) is 0.529. The van der Waals surface area contributed by atoms with Gasteiger partial charge in [-0.3, -0.25) is 4.79 Å². The maximum atomic E-state index is 12.1. The highest BCUT2D eigenvalue weighted by Gasteiger charge is 2.47. The molecule has 138 valence electrons. The second kappa shape index (κ2) is 8.40. The number of likely N-dealkylation sites (tertiary alicyclic amines) is 1. The lowest BCUT2D eigenvalue weighted by Crippen LogP contribution is -2.50. The van der Waals surface area contributed by atoms with Gasteiger partial charge in [-0.05, 0) is 12.1 Å². The number of rotatable bonds is 5. The molecule has 0 aromatic heterocycles. The number of carbonyl (C=O) groups is 2. The molecule has 0 bridgehead atoms. The molecule has 0 atom stereocenters. The molecule has 1 aromatic rings. The van der Waals surface area contributed by atoms with Crippen LogP contribution in [-0.2, 0) is 9.53 Å². The lowest BCUT2D eigenvalue weighted by atomic mass is 9.91. The van der Waals surface area contributed by atoms with E-state index in [9.17, 15) is 9.59 Å². The van der Waals surface area contributed by atoms with Crippen molar-refractivity contribution in [2.75, 3.05) is 39.3 Å². The number of amides is 2. The van der Waals surface area contributed by atoms with Gasteiger partial charge in [-0.2, -0.15) is 0 Å². The highest BCUT2D eigenvalue weighted by Crippen LogP contribution is 2.33. The quantitative estimate of drug-likeness (QED) is 0.844. The van der Waals surface area contributed by atoms with E-state index in [1.165, 1.54) is 0 Å². The Morgan fingerprint density at radius 3 is 2.56 bits per heavy atom. The first-order valence-corrected chi connectivity index (χ1v) is 8.25. The molecule has 2 heterocycles. The van der Waals surface area contributed by atoms with Gasteiger partial charge in [-0.1, -0.05) is 18.2 Å². The highest BCUT2D eigenvalue weighted by molar-refractivity contribution is 5.85. The summed E-state index contributed by atoms with van der Waals surface area (Å²) in [6.45, 7) is 2.65. The lowest BCUT2D eigenvalue weighted by molar-refractivity contribution is -0.133. The summed E-state index contributed by atoms with van der Waals surface area (Å²) in [5.74, 6) is 0.732. The Morgan fingerprint density at radius 2 is 1.92 bits per heavy atom. The van der Waals surface area contributed by atoms with E-state index in [4.69, 9.17) is 15.2 Å². The summed E-state index contributed by atoms with van der Waals surface area (Å²) in [4.78, 5) is 27.2. The number of hydrogen-bond acceptors (Lipinski definition) is 5. The van der Waals surface area contributed by atoms with E-state index in [1.54, 1.807) is 9.80 Å². The van der Waals surface area contributed by atoms with Gasteiger partial charge in [0.15, 0.2) is 0 Å². The molecule has 1 spiro atoms. The third-order valence-corrected chi connectivity index (χ3v) is 4.62. The van der Waals surface area contributed by atoms with Crippen molar-refractivity contribution in [2.24, 2.45) is 5.73 Å². The van der Waals surface area contributed by atoms with E-state index in [-0.39, 0.29) is 31.0 Å². The molecule has 2 fully saturated rings. The first-order valence-electron chi connectivity index (χ1n) is 8.25. The molecule has 3 rings (SSSR count). The number of nitrogens with zero attached hydrogens (tertiary/aromatic N) is 2. The normalized spacial score (nSPS) is 18.7. The predicted octanol–water partition coefficient (Wildman–Crippen LogP) is 1.26. The van der Waals surface area contributed by atoms with Crippen LogP contribution < -0.4 is 10.5 Å². The summed E-state index contributed by atoms with van der Waals surface area (Å²) in [7, 11) is 0. The van der Waals surface area contributed by atoms with Gasteiger partial charge >= 0.3 is 6.09 Å². The van der Waals surface area contributed by atoms with Crippen molar-refractivity contribution in [1.29, 1.82) is 0 Å². The van der Waals surface area contributed by atoms with Crippen molar-refractivity contribution in [1.82, 2.24) is 9.80 Å². The fourth-order valence-electron chi connectivity index (χ4n) is 3.21. The van der Waals surface area contributed by atoms with Gasteiger partial charge in [0.1, 0.15) is 18.0 Å². The van der Waals surface area contributed by atoms with E-state index in [1.807, 2.05) is 30.3 Å². The molecule has 1 aromatic carbocycles. The average molecular weight is 370 g/mol. The summed E-state index contributed by atoms with van der Waals surface area (Å²) in [5, 5.41) is 0. The van der Waals surface area contributed by atoms with Crippen molar-refractivity contribution in [3.63, 3.8) is 0 Å². The molecule has 2 N–H and O–H groups in total. The summed E-state index contributed by atoms with van der Waals surface area (Å²) < 4.78 is 11.3. The molecule has 2 aliphatic rings. The fourth-order valence-corrected chi connectivity index (χ4v) is 3.21. The highest BCUT2D eigenvalue weighted by atomic mass is 35.5. The van der Waals surface area contributed by atoms with Crippen LogP contribution >= 0.6 is 12.4 Å². The number of hydrogen-bond donors (Lipinski definition) is 1. The van der Waals surface area contributed by atoms with Crippen LogP contribution in [0.5, 0.6) is 5.75 Å². The zero-order valence-electron chi connectivity index (χ0n) is 14.1. The summed E-state index contributed by atoms with van der Waals surface area (Å²) in [6, 6.07) is 9.51. The van der Waals surface area contributed by atoms with Gasteiger partial charge in [0.2, 0.25) is 5.91 Å². The van der Waals surface area contributed by atoms with Gasteiger partial charge in [-0.25, -0.2) is 4.79 Å². The van der Waals surface area contributed by atoms with Crippen LogP contribution in [-0.4, -0.2) is 66.7 Å². The molecule has 0 saturated carbocycles. The second-order valence-corrected chi connectivity index (χ2v) is 6.22. The molecule has 2 aliphatic heterocycles. The van der Waals surface area contributed by atoms with Crippen molar-refractivity contribution >= 4 is 24.4 Å². The van der Waals surface area contributed by atoms with Gasteiger partial charge < -0.3 is 25.0 Å². The van der Waals surface area contributed by atoms with Crippen LogP contribution in [0.2, 0.25) is 0 Å². The number of carbonyl (C=O) groups excluding carboxylic acids is 2. The Labute approximate surface area is 153 Å². The van der Waals surface area contributed by atoms with Gasteiger partial charge in [0.05, 0.1) is 19.6 Å². The zero-order valence-corrected chi connectivity index (χ0v) is 14.9. The first kappa shape index (κ1) is 19.3. The average Bonchev–Trinajstić information content (AvgIpc) is 2.91. The maximum Gasteiger partial charge on any atom is 0.410 e. The number of halogens is 1. The molecule has 2 amide bonds. The SMILES string of the molecule is Cl.NCC(=O)N1CCC2(CC1)CN(CCOc1ccccc1)C(=O)O2. The Kier molecular flexibility index (Phi) is 6.50. The minimum absolute atomic E-state index is 0. The summed E-state index contributed by atoms with van der Waals surface area (Å²) in [6.07, 6.45) is 1.01. The minimum atomic E-state index is -0.477. The van der Waals surface area contributed by atoms with Crippen LogP contribution in [0.3, 0.4) is 0 Å². The number of nitrogens with two attached hydrogens (primary N) is 1. The minimum Gasteiger partial charge on any atom is -0.492 e. The third kappa shape index (κ3) is 4.55. The van der Waals surface area contributed by atoms with Crippen LogP contribution in [0.25, 0.3) is 0 Å². The van der Waals surface area contributed by atoms with Gasteiger partial charge in [0.25, 0.3) is 0 Å². The van der Waals surface area contributed by atoms with Crippen LogP contribution in [0.1, 0.15) is 12.8 Å². The van der Waals surface area contributed by atoms with Crippen LogP contribution in [0.4, 0.5) is 4.79 Å². The third-order valence-electron chi connectivity index (χ3n) is 4.62. The van der Waals surface area contributed by atoms with Gasteiger partial charge in [-0.15, -0.1) is 12.4 Å². The van der Waals surface area contributed by atoms with Gasteiger partial charge in [0, 0.05) is 25.9 Å². The van der Waals surface area contributed by atoms with E-state index >= 15 is 0 Å². The van der Waals surface area contributed by atoms with E-state index in [0.29, 0.717) is 45.6 Å². The van der Waals surface area contributed by atoms with Crippen molar-refractivity contribution < 1.29 is 19.1 Å². The van der Waals surface area contributed by atoms with E-state index in [2.05, 4.69) is 0 Å². The molecule has 0 unspecified atom stereocenters. The number of benzene rings is 1. The molecule has 7 nitrogen and oxygen atoms in total. The van der Waals surface area contributed by atoms with Crippen molar-refractivity contribution in [3.8, 4) is 5.75 Å². The predicted molar refractivity (Wildman–Crippen MR) is 94.8 cm³/mol. The summed E-state index contributed by atoms with van der Waals surface area (Å²) >= 11 is 0. The largest absolute Gasteiger partial charge is 0.492 e. The Balaban J connectivity index is 0.00000225. The van der Waals surface area contributed by atoms with E-state index < -0.39 is 5.60 Å². The molecule has 25 heavy (non-hydrogen) atoms. The molecular weight excluding hydrogens is 346 g/mol. The lowest BCUT2D eigenvalue weighted by Gasteiger charge is -2.37. The molecule has 0 radical (unpaired) electrons. The van der Waals surface area contributed by atoms with Crippen LogP contribution in [0, 0.1) is 0 Å². The first-order chi connectivity index (χ1) is 11.6. The summed E-state index contributed by atoms with van der Waals surface area (Å²) in [5.41, 5.74) is 4.92. The monoisotopic (exact) mass is 369 g/mol. The molecular formula is C17H24ClN3O4.